The summed E-state index contributed by atoms with van der Waals surface area (Å²) in [5, 5.41) is 18.4. The van der Waals surface area contributed by atoms with Crippen LogP contribution in [0.5, 0.6) is 0 Å². The van der Waals surface area contributed by atoms with Gasteiger partial charge in [-0.2, -0.15) is 5.26 Å². The third kappa shape index (κ3) is 3.74. The minimum atomic E-state index is -0.582. The molecular formula is C25H17ClN4O2S. The number of nitriles is 1. The van der Waals surface area contributed by atoms with Crippen molar-refractivity contribution in [3.8, 4) is 17.4 Å². The molecule has 1 aliphatic rings. The molecule has 3 aromatic carbocycles. The number of fused-ring (bicyclic) bond motifs is 1. The Morgan fingerprint density at radius 1 is 1.15 bits per heavy atom. The molecule has 33 heavy (non-hydrogen) atoms. The summed E-state index contributed by atoms with van der Waals surface area (Å²) in [4.78, 5) is 14.5. The normalized spacial score (nSPS) is 16.1. The van der Waals surface area contributed by atoms with Crippen molar-refractivity contribution >= 4 is 46.7 Å². The number of amides is 1. The zero-order valence-corrected chi connectivity index (χ0v) is 19.1. The van der Waals surface area contributed by atoms with Crippen LogP contribution in [0.2, 0.25) is 5.02 Å². The SMILES string of the molecule is Cc1cccc(N2C(S)=C(C#N)C(=O)NC2c2ccc3noc(-c4ccc(Cl)cc4)c3c2)c1. The van der Waals surface area contributed by atoms with Gasteiger partial charge in [-0.25, -0.2) is 0 Å². The van der Waals surface area contributed by atoms with E-state index in [1.165, 1.54) is 0 Å². The molecule has 1 aromatic heterocycles. The fraction of sp³-hybridized carbons (Fsp3) is 0.0800. The molecule has 1 atom stereocenters. The molecule has 1 aliphatic heterocycles. The summed E-state index contributed by atoms with van der Waals surface area (Å²) in [6.45, 7) is 1.98. The number of thiol groups is 1. The second-order valence-corrected chi connectivity index (χ2v) is 8.55. The summed E-state index contributed by atoms with van der Waals surface area (Å²) >= 11 is 10.6. The number of nitrogens with one attached hydrogen (secondary N) is 1. The van der Waals surface area contributed by atoms with E-state index in [4.69, 9.17) is 16.1 Å². The molecule has 162 valence electrons. The maximum absolute atomic E-state index is 12.7. The maximum atomic E-state index is 12.7. The van der Waals surface area contributed by atoms with Gasteiger partial charge in [-0.15, -0.1) is 12.6 Å². The Hall–Kier alpha value is -3.73. The lowest BCUT2D eigenvalue weighted by Gasteiger charge is -2.38. The Morgan fingerprint density at radius 3 is 2.67 bits per heavy atom. The summed E-state index contributed by atoms with van der Waals surface area (Å²) in [5.74, 6) is 0.131. The highest BCUT2D eigenvalue weighted by Gasteiger charge is 2.34. The number of aryl methyl sites for hydroxylation is 1. The van der Waals surface area contributed by atoms with Gasteiger partial charge in [0.15, 0.2) is 5.76 Å². The van der Waals surface area contributed by atoms with Gasteiger partial charge >= 0.3 is 0 Å². The van der Waals surface area contributed by atoms with Crippen molar-refractivity contribution in [3.63, 3.8) is 0 Å². The number of nitrogens with zero attached hydrogens (tertiary/aromatic N) is 3. The molecule has 1 unspecified atom stereocenters. The van der Waals surface area contributed by atoms with Gasteiger partial charge < -0.3 is 14.7 Å². The Labute approximate surface area is 200 Å². The molecule has 0 bridgehead atoms. The fourth-order valence-electron chi connectivity index (χ4n) is 3.93. The molecule has 6 nitrogen and oxygen atoms in total. The van der Waals surface area contributed by atoms with Gasteiger partial charge in [0.05, 0.1) is 10.4 Å². The Bertz CT molecular complexity index is 1470. The molecule has 5 rings (SSSR count). The Morgan fingerprint density at radius 2 is 1.94 bits per heavy atom. The lowest BCUT2D eigenvalue weighted by molar-refractivity contribution is -0.118. The first-order valence-corrected chi connectivity index (χ1v) is 10.9. The molecule has 0 radical (unpaired) electrons. The van der Waals surface area contributed by atoms with Crippen molar-refractivity contribution in [3.05, 3.63) is 93.5 Å². The smallest absolute Gasteiger partial charge is 0.266 e. The summed E-state index contributed by atoms with van der Waals surface area (Å²) in [6.07, 6.45) is -0.582. The predicted octanol–water partition coefficient (Wildman–Crippen LogP) is 5.76. The molecule has 1 amide bonds. The number of anilines is 1. The molecule has 0 spiro atoms. The fourth-order valence-corrected chi connectivity index (χ4v) is 4.43. The minimum Gasteiger partial charge on any atom is -0.355 e. The van der Waals surface area contributed by atoms with Crippen LogP contribution in [0.4, 0.5) is 5.69 Å². The van der Waals surface area contributed by atoms with Crippen molar-refractivity contribution in [2.75, 3.05) is 4.90 Å². The average Bonchev–Trinajstić information content (AvgIpc) is 3.23. The van der Waals surface area contributed by atoms with Gasteiger partial charge in [0.25, 0.3) is 5.91 Å². The van der Waals surface area contributed by atoms with E-state index in [9.17, 15) is 10.1 Å². The van der Waals surface area contributed by atoms with Gasteiger partial charge in [0.2, 0.25) is 0 Å². The highest BCUT2D eigenvalue weighted by atomic mass is 35.5. The van der Waals surface area contributed by atoms with Gasteiger partial charge in [-0.05, 0) is 66.6 Å². The lowest BCUT2D eigenvalue weighted by Crippen LogP contribution is -2.46. The molecule has 8 heteroatoms. The number of carbonyl (C=O) groups excluding carboxylic acids is 1. The molecule has 0 saturated heterocycles. The molecule has 0 fully saturated rings. The number of carbonyl (C=O) groups is 1. The van der Waals surface area contributed by atoms with Crippen LogP contribution in [0.1, 0.15) is 17.3 Å². The predicted molar refractivity (Wildman–Crippen MR) is 131 cm³/mol. The van der Waals surface area contributed by atoms with Gasteiger partial charge in [0, 0.05) is 16.3 Å². The monoisotopic (exact) mass is 472 g/mol. The van der Waals surface area contributed by atoms with Crippen molar-refractivity contribution in [2.45, 2.75) is 13.1 Å². The second kappa shape index (κ2) is 8.32. The molecule has 1 N–H and O–H groups in total. The lowest BCUT2D eigenvalue weighted by atomic mass is 10.0. The maximum Gasteiger partial charge on any atom is 0.266 e. The van der Waals surface area contributed by atoms with Gasteiger partial charge in [-0.1, -0.05) is 35.0 Å². The van der Waals surface area contributed by atoms with Crippen LogP contribution in [0, 0.1) is 18.3 Å². The van der Waals surface area contributed by atoms with Gasteiger partial charge in [-0.3, -0.25) is 4.79 Å². The van der Waals surface area contributed by atoms with E-state index in [2.05, 4.69) is 23.1 Å². The second-order valence-electron chi connectivity index (χ2n) is 7.69. The van der Waals surface area contributed by atoms with Gasteiger partial charge in [0.1, 0.15) is 23.3 Å². The summed E-state index contributed by atoms with van der Waals surface area (Å²) in [6, 6.07) is 22.7. The first-order valence-electron chi connectivity index (χ1n) is 10.1. The highest BCUT2D eigenvalue weighted by Crippen LogP contribution is 2.38. The molecule has 2 heterocycles. The van der Waals surface area contributed by atoms with Crippen LogP contribution >= 0.6 is 24.2 Å². The summed E-state index contributed by atoms with van der Waals surface area (Å²) < 4.78 is 5.63. The standard InChI is InChI=1S/C25H17ClN4O2S/c1-14-3-2-4-18(11-14)30-23(28-24(31)20(13-27)25(30)33)16-7-10-21-19(12-16)22(32-29-21)15-5-8-17(26)9-6-15/h2-12,23,33H,1H3,(H,28,31). The zero-order valence-electron chi connectivity index (χ0n) is 17.4. The van der Waals surface area contributed by atoms with Crippen molar-refractivity contribution < 1.29 is 9.32 Å². The first-order chi connectivity index (χ1) is 16.0. The number of aromatic nitrogens is 1. The van der Waals surface area contributed by atoms with E-state index >= 15 is 0 Å². The third-order valence-corrected chi connectivity index (χ3v) is 6.21. The minimum absolute atomic E-state index is 0.0380. The number of hydrogen-bond donors (Lipinski definition) is 2. The molecular weight excluding hydrogens is 456 g/mol. The first kappa shape index (κ1) is 21.1. The van der Waals surface area contributed by atoms with Crippen LogP contribution in [0.15, 0.2) is 81.9 Å². The number of rotatable bonds is 3. The third-order valence-electron chi connectivity index (χ3n) is 5.52. The van der Waals surface area contributed by atoms with E-state index in [1.54, 1.807) is 12.1 Å². The Balaban J connectivity index is 1.66. The van der Waals surface area contributed by atoms with Crippen LogP contribution in [-0.2, 0) is 4.79 Å². The molecule has 4 aromatic rings. The average molecular weight is 473 g/mol. The summed E-state index contributed by atoms with van der Waals surface area (Å²) in [7, 11) is 0. The quantitative estimate of drug-likeness (QED) is 0.370. The van der Waals surface area contributed by atoms with E-state index in [0.29, 0.717) is 21.3 Å². The number of halogens is 1. The highest BCUT2D eigenvalue weighted by molar-refractivity contribution is 7.84. The topological polar surface area (TPSA) is 82.2 Å². The van der Waals surface area contributed by atoms with Crippen LogP contribution < -0.4 is 10.2 Å². The number of benzene rings is 3. The van der Waals surface area contributed by atoms with E-state index in [-0.39, 0.29) is 5.57 Å². The van der Waals surface area contributed by atoms with Crippen molar-refractivity contribution in [1.29, 1.82) is 5.26 Å². The van der Waals surface area contributed by atoms with E-state index in [0.717, 1.165) is 27.8 Å². The summed E-state index contributed by atoms with van der Waals surface area (Å²) in [5.41, 5.74) is 4.13. The van der Waals surface area contributed by atoms with E-state index < -0.39 is 12.1 Å². The zero-order chi connectivity index (χ0) is 23.1. The Kier molecular flexibility index (Phi) is 5.33. The van der Waals surface area contributed by atoms with Crippen LogP contribution in [0.25, 0.3) is 22.2 Å². The molecule has 0 saturated carbocycles. The number of hydrogen-bond acceptors (Lipinski definition) is 6. The van der Waals surface area contributed by atoms with Crippen molar-refractivity contribution in [2.24, 2.45) is 0 Å². The van der Waals surface area contributed by atoms with Crippen molar-refractivity contribution in [1.82, 2.24) is 10.5 Å². The van der Waals surface area contributed by atoms with E-state index in [1.807, 2.05) is 72.5 Å². The largest absolute Gasteiger partial charge is 0.355 e. The van der Waals surface area contributed by atoms with Crippen LogP contribution in [-0.4, -0.2) is 11.1 Å². The van der Waals surface area contributed by atoms with Crippen LogP contribution in [0.3, 0.4) is 0 Å². The molecule has 0 aliphatic carbocycles.